The molecule has 0 aliphatic carbocycles. The number of halogens is 2. The van der Waals surface area contributed by atoms with Crippen molar-refractivity contribution in [3.8, 4) is 5.75 Å². The molecule has 3 aliphatic heterocycles. The molecule has 3 saturated heterocycles. The van der Waals surface area contributed by atoms with E-state index in [1.54, 1.807) is 19.2 Å². The van der Waals surface area contributed by atoms with Gasteiger partial charge in [0.15, 0.2) is 5.96 Å². The van der Waals surface area contributed by atoms with E-state index in [-0.39, 0.29) is 35.9 Å². The van der Waals surface area contributed by atoms with Crippen LogP contribution < -0.4 is 15.4 Å². The lowest BCUT2D eigenvalue weighted by molar-refractivity contribution is 0.0154. The number of benzene rings is 1. The van der Waals surface area contributed by atoms with Gasteiger partial charge in [-0.2, -0.15) is 0 Å². The van der Waals surface area contributed by atoms with Crippen molar-refractivity contribution in [1.82, 2.24) is 20.4 Å². The van der Waals surface area contributed by atoms with Gasteiger partial charge >= 0.3 is 0 Å². The van der Waals surface area contributed by atoms with Crippen LogP contribution in [0.3, 0.4) is 0 Å². The molecule has 152 valence electrons. The maximum absolute atomic E-state index is 13.3. The van der Waals surface area contributed by atoms with Crippen molar-refractivity contribution in [2.75, 3.05) is 52.9 Å². The van der Waals surface area contributed by atoms with Gasteiger partial charge in [0.2, 0.25) is 0 Å². The Bertz CT molecular complexity index is 610. The Balaban J connectivity index is 0.00000261. The highest BCUT2D eigenvalue weighted by Gasteiger charge is 2.31. The molecule has 3 aliphatic rings. The average Bonchev–Trinajstić information content (AvgIpc) is 2.68. The summed E-state index contributed by atoms with van der Waals surface area (Å²) in [5, 5.41) is 6.76. The minimum atomic E-state index is -0.282. The van der Waals surface area contributed by atoms with Gasteiger partial charge in [0.1, 0.15) is 17.7 Å². The zero-order valence-corrected chi connectivity index (χ0v) is 18.5. The van der Waals surface area contributed by atoms with Gasteiger partial charge in [0.05, 0.1) is 6.54 Å². The molecule has 27 heavy (non-hydrogen) atoms. The van der Waals surface area contributed by atoms with Gasteiger partial charge in [-0.25, -0.2) is 4.39 Å². The summed E-state index contributed by atoms with van der Waals surface area (Å²) in [6.45, 7) is 9.41. The molecule has 4 rings (SSSR count). The van der Waals surface area contributed by atoms with Crippen molar-refractivity contribution in [3.63, 3.8) is 0 Å². The molecule has 8 heteroatoms. The number of nitrogens with one attached hydrogen (secondary N) is 2. The lowest BCUT2D eigenvalue weighted by Gasteiger charge is -2.47. The minimum Gasteiger partial charge on any atom is -0.489 e. The maximum Gasteiger partial charge on any atom is 0.191 e. The predicted molar refractivity (Wildman–Crippen MR) is 118 cm³/mol. The summed E-state index contributed by atoms with van der Waals surface area (Å²) in [4.78, 5) is 9.40. The number of piperazine rings is 3. The van der Waals surface area contributed by atoms with Crippen LogP contribution in [0.15, 0.2) is 29.3 Å². The van der Waals surface area contributed by atoms with Gasteiger partial charge in [-0.05, 0) is 18.6 Å². The minimum absolute atomic E-state index is 0. The van der Waals surface area contributed by atoms with E-state index in [9.17, 15) is 4.39 Å². The molecule has 0 amide bonds. The highest BCUT2D eigenvalue weighted by Crippen LogP contribution is 2.15. The normalized spacial score (nSPS) is 25.4. The standard InChI is InChI=1S/C19H30FN5O.HI/c1-3-17(26-18-6-4-5-15(20)11-18)13-23-19(21-2)22-12-16-14-24-7-9-25(16)10-8-24;/h4-6,11,16-17H,3,7-10,12-14H2,1-2H3,(H2,21,22,23);1H. The lowest BCUT2D eigenvalue weighted by Crippen LogP contribution is -2.64. The summed E-state index contributed by atoms with van der Waals surface area (Å²) in [6.07, 6.45) is 0.780. The Kier molecular flexibility index (Phi) is 9.04. The average molecular weight is 491 g/mol. The van der Waals surface area contributed by atoms with Crippen LogP contribution in [0.25, 0.3) is 0 Å². The summed E-state index contributed by atoms with van der Waals surface area (Å²) in [7, 11) is 1.78. The molecule has 0 radical (unpaired) electrons. The van der Waals surface area contributed by atoms with Crippen LogP contribution in [-0.4, -0.2) is 80.8 Å². The number of aliphatic imine (C=N–C) groups is 1. The molecule has 0 saturated carbocycles. The molecule has 6 nitrogen and oxygen atoms in total. The van der Waals surface area contributed by atoms with Gasteiger partial charge in [0, 0.05) is 58.4 Å². The number of hydrogen-bond donors (Lipinski definition) is 2. The first-order valence-corrected chi connectivity index (χ1v) is 9.51. The van der Waals surface area contributed by atoms with Crippen molar-refractivity contribution in [3.05, 3.63) is 30.1 Å². The summed E-state index contributed by atoms with van der Waals surface area (Å²) in [5.74, 6) is 1.06. The third-order valence-corrected chi connectivity index (χ3v) is 5.17. The van der Waals surface area contributed by atoms with Gasteiger partial charge < -0.3 is 15.4 Å². The fourth-order valence-electron chi connectivity index (χ4n) is 3.57. The second-order valence-corrected chi connectivity index (χ2v) is 6.93. The molecule has 2 atom stereocenters. The third-order valence-electron chi connectivity index (χ3n) is 5.17. The zero-order chi connectivity index (χ0) is 18.4. The van der Waals surface area contributed by atoms with E-state index >= 15 is 0 Å². The van der Waals surface area contributed by atoms with Crippen molar-refractivity contribution in [2.45, 2.75) is 25.5 Å². The van der Waals surface area contributed by atoms with E-state index in [4.69, 9.17) is 4.74 Å². The largest absolute Gasteiger partial charge is 0.489 e. The Labute approximate surface area is 178 Å². The molecule has 1 aromatic carbocycles. The topological polar surface area (TPSA) is 52.1 Å². The highest BCUT2D eigenvalue weighted by atomic mass is 127. The fraction of sp³-hybridized carbons (Fsp3) is 0.632. The number of guanidine groups is 1. The number of rotatable bonds is 7. The zero-order valence-electron chi connectivity index (χ0n) is 16.2. The van der Waals surface area contributed by atoms with Gasteiger partial charge in [0.25, 0.3) is 0 Å². The molecule has 2 N–H and O–H groups in total. The lowest BCUT2D eigenvalue weighted by atomic mass is 10.1. The van der Waals surface area contributed by atoms with E-state index in [0.29, 0.717) is 18.3 Å². The molecule has 2 unspecified atom stereocenters. The quantitative estimate of drug-likeness (QED) is 0.346. The van der Waals surface area contributed by atoms with Crippen molar-refractivity contribution >= 4 is 29.9 Å². The van der Waals surface area contributed by atoms with Crippen LogP contribution in [-0.2, 0) is 0 Å². The summed E-state index contributed by atoms with van der Waals surface area (Å²) >= 11 is 0. The van der Waals surface area contributed by atoms with E-state index < -0.39 is 0 Å². The van der Waals surface area contributed by atoms with E-state index in [0.717, 1.165) is 38.6 Å². The van der Waals surface area contributed by atoms with E-state index in [1.807, 2.05) is 0 Å². The smallest absolute Gasteiger partial charge is 0.191 e. The molecule has 0 aromatic heterocycles. The molecule has 3 heterocycles. The number of fused-ring (bicyclic) bond motifs is 3. The molecular formula is C19H31FIN5O. The predicted octanol–water partition coefficient (Wildman–Crippen LogP) is 1.77. The SMILES string of the molecule is CCC(CNC(=NC)NCC1CN2CCN1CC2)Oc1cccc(F)c1.I. The second kappa shape index (κ2) is 11.0. The molecule has 0 spiro atoms. The summed E-state index contributed by atoms with van der Waals surface area (Å²) < 4.78 is 19.2. The molecule has 1 aromatic rings. The van der Waals surface area contributed by atoms with Crippen LogP contribution in [0.2, 0.25) is 0 Å². The first-order chi connectivity index (χ1) is 12.7. The van der Waals surface area contributed by atoms with Crippen LogP contribution in [0.5, 0.6) is 5.75 Å². The van der Waals surface area contributed by atoms with E-state index in [1.165, 1.54) is 25.2 Å². The highest BCUT2D eigenvalue weighted by molar-refractivity contribution is 14.0. The van der Waals surface area contributed by atoms with Crippen molar-refractivity contribution in [2.24, 2.45) is 4.99 Å². The fourth-order valence-corrected chi connectivity index (χ4v) is 3.57. The number of hydrogen-bond acceptors (Lipinski definition) is 4. The Hall–Kier alpha value is -1.13. The number of ether oxygens (including phenoxy) is 1. The van der Waals surface area contributed by atoms with Crippen LogP contribution >= 0.6 is 24.0 Å². The van der Waals surface area contributed by atoms with Crippen LogP contribution in [0.4, 0.5) is 4.39 Å². The van der Waals surface area contributed by atoms with Gasteiger partial charge in [-0.1, -0.05) is 13.0 Å². The Morgan fingerprint density at radius 3 is 2.67 bits per heavy atom. The second-order valence-electron chi connectivity index (χ2n) is 6.93. The Morgan fingerprint density at radius 2 is 2.07 bits per heavy atom. The maximum atomic E-state index is 13.3. The van der Waals surface area contributed by atoms with Crippen molar-refractivity contribution < 1.29 is 9.13 Å². The third kappa shape index (κ3) is 6.46. The Morgan fingerprint density at radius 1 is 1.30 bits per heavy atom. The molecule has 3 fully saturated rings. The van der Waals surface area contributed by atoms with E-state index in [2.05, 4.69) is 32.3 Å². The summed E-state index contributed by atoms with van der Waals surface area (Å²) in [6, 6.07) is 6.82. The number of nitrogens with zero attached hydrogens (tertiary/aromatic N) is 3. The molecule has 2 bridgehead atoms. The van der Waals surface area contributed by atoms with Crippen LogP contribution in [0, 0.1) is 5.82 Å². The summed E-state index contributed by atoms with van der Waals surface area (Å²) in [5.41, 5.74) is 0. The molecular weight excluding hydrogens is 460 g/mol. The first kappa shape index (κ1) is 22.2. The monoisotopic (exact) mass is 491 g/mol. The van der Waals surface area contributed by atoms with Gasteiger partial charge in [-0.3, -0.25) is 14.8 Å². The first-order valence-electron chi connectivity index (χ1n) is 9.51. The van der Waals surface area contributed by atoms with Crippen molar-refractivity contribution in [1.29, 1.82) is 0 Å². The van der Waals surface area contributed by atoms with Gasteiger partial charge in [-0.15, -0.1) is 24.0 Å². The van der Waals surface area contributed by atoms with Crippen LogP contribution in [0.1, 0.15) is 13.3 Å².